The van der Waals surface area contributed by atoms with Gasteiger partial charge in [0.25, 0.3) is 0 Å². The van der Waals surface area contributed by atoms with Gasteiger partial charge in [0.1, 0.15) is 15.0 Å². The van der Waals surface area contributed by atoms with Gasteiger partial charge >= 0.3 is 0 Å². The van der Waals surface area contributed by atoms with Gasteiger partial charge in [0.15, 0.2) is 5.16 Å². The number of nitrogen functional groups attached to an aromatic ring is 1. The summed E-state index contributed by atoms with van der Waals surface area (Å²) in [4.78, 5) is 11.1. The van der Waals surface area contributed by atoms with Crippen LogP contribution in [0.3, 0.4) is 0 Å². The highest BCUT2D eigenvalue weighted by Gasteiger charge is 2.51. The lowest BCUT2D eigenvalue weighted by molar-refractivity contribution is 0.958. The lowest BCUT2D eigenvalue weighted by atomic mass is 10.2. The molecule has 0 radical (unpaired) electrons. The maximum absolute atomic E-state index is 6.04. The third kappa shape index (κ3) is 2.53. The molecule has 0 aromatic carbocycles. The molecule has 102 valence electrons. The Hall–Kier alpha value is -0.230. The fourth-order valence-corrected chi connectivity index (χ4v) is 4.83. The zero-order valence-corrected chi connectivity index (χ0v) is 13.7. The molecule has 1 aliphatic carbocycles. The smallest absolute Gasteiger partial charge is 0.190 e. The van der Waals surface area contributed by atoms with Crippen molar-refractivity contribution in [3.63, 3.8) is 0 Å². The first kappa shape index (κ1) is 13.7. The largest absolute Gasteiger partial charge is 0.383 e. The molecule has 1 saturated carbocycles. The van der Waals surface area contributed by atoms with E-state index >= 15 is 0 Å². The number of thiophene rings is 1. The molecule has 3 rings (SSSR count). The highest BCUT2D eigenvalue weighted by atomic mass is 35.5. The van der Waals surface area contributed by atoms with Crippen molar-refractivity contribution in [3.8, 4) is 0 Å². The lowest BCUT2D eigenvalue weighted by Gasteiger charge is -2.03. The molecule has 2 aromatic heterocycles. The summed E-state index contributed by atoms with van der Waals surface area (Å²) >= 11 is 15.3. The lowest BCUT2D eigenvalue weighted by Crippen LogP contribution is -1.98. The van der Waals surface area contributed by atoms with E-state index in [0.717, 1.165) is 22.4 Å². The van der Waals surface area contributed by atoms with Gasteiger partial charge < -0.3 is 5.73 Å². The van der Waals surface area contributed by atoms with Gasteiger partial charge in [-0.25, -0.2) is 9.97 Å². The Morgan fingerprint density at radius 2 is 2.11 bits per heavy atom. The Bertz CT molecular complexity index is 654. The van der Waals surface area contributed by atoms with Crippen LogP contribution in [-0.4, -0.2) is 20.1 Å². The van der Waals surface area contributed by atoms with Gasteiger partial charge in [0.2, 0.25) is 0 Å². The van der Waals surface area contributed by atoms with Crippen LogP contribution in [0.15, 0.2) is 5.16 Å². The van der Waals surface area contributed by atoms with Gasteiger partial charge in [0, 0.05) is 16.5 Å². The van der Waals surface area contributed by atoms with Crippen molar-refractivity contribution in [1.82, 2.24) is 9.97 Å². The van der Waals surface area contributed by atoms with Crippen LogP contribution >= 0.6 is 46.3 Å². The maximum atomic E-state index is 6.04. The van der Waals surface area contributed by atoms with E-state index in [1.165, 1.54) is 10.4 Å². The van der Waals surface area contributed by atoms with Gasteiger partial charge in [-0.05, 0) is 25.8 Å². The van der Waals surface area contributed by atoms with Crippen LogP contribution in [0, 0.1) is 19.8 Å². The van der Waals surface area contributed by atoms with Crippen LogP contribution in [0.2, 0.25) is 0 Å². The summed E-state index contributed by atoms with van der Waals surface area (Å²) in [6.45, 7) is 4.13. The van der Waals surface area contributed by atoms with Gasteiger partial charge in [-0.2, -0.15) is 0 Å². The number of aromatic nitrogens is 2. The number of hydrogen-bond donors (Lipinski definition) is 1. The van der Waals surface area contributed by atoms with E-state index in [1.807, 2.05) is 0 Å². The van der Waals surface area contributed by atoms with Crippen LogP contribution in [0.5, 0.6) is 0 Å². The first-order chi connectivity index (χ1) is 8.88. The second-order valence-electron chi connectivity index (χ2n) is 4.83. The molecule has 3 nitrogen and oxygen atoms in total. The number of halogens is 2. The predicted molar refractivity (Wildman–Crippen MR) is 84.6 cm³/mol. The zero-order chi connectivity index (χ0) is 13.8. The number of aryl methyl sites for hydroxylation is 2. The van der Waals surface area contributed by atoms with Gasteiger partial charge in [-0.3, -0.25) is 0 Å². The summed E-state index contributed by atoms with van der Waals surface area (Å²) in [6, 6.07) is 0. The van der Waals surface area contributed by atoms with Crippen molar-refractivity contribution < 1.29 is 0 Å². The highest BCUT2D eigenvalue weighted by molar-refractivity contribution is 7.99. The summed E-state index contributed by atoms with van der Waals surface area (Å²) in [5.74, 6) is 1.72. The fraction of sp³-hybridized carbons (Fsp3) is 0.500. The normalized spacial score (nSPS) is 20.9. The third-order valence-corrected chi connectivity index (χ3v) is 6.44. The summed E-state index contributed by atoms with van der Waals surface area (Å²) in [6.07, 6.45) is 0.845. The standard InChI is InChI=1S/C12H13Cl2N3S2/c1-5-6(2)19-10-8(5)9(15)16-11(17-10)18-4-7-3-12(7,13)14/h7H,3-4H2,1-2H3,(H2,15,16,17)/t7-/m1/s1. The van der Waals surface area contributed by atoms with Crippen molar-refractivity contribution in [2.24, 2.45) is 5.92 Å². The Morgan fingerprint density at radius 1 is 1.42 bits per heavy atom. The number of thioether (sulfide) groups is 1. The first-order valence-electron chi connectivity index (χ1n) is 5.92. The molecule has 0 saturated heterocycles. The minimum Gasteiger partial charge on any atom is -0.383 e. The molecule has 19 heavy (non-hydrogen) atoms. The van der Waals surface area contributed by atoms with Crippen LogP contribution in [0.25, 0.3) is 10.2 Å². The molecule has 1 atom stereocenters. The Labute approximate surface area is 129 Å². The first-order valence-corrected chi connectivity index (χ1v) is 8.48. The van der Waals surface area contributed by atoms with Crippen LogP contribution in [0.4, 0.5) is 5.82 Å². The summed E-state index contributed by atoms with van der Waals surface area (Å²) in [7, 11) is 0. The van der Waals surface area contributed by atoms with E-state index in [9.17, 15) is 0 Å². The fourth-order valence-electron chi connectivity index (χ4n) is 1.95. The molecule has 0 amide bonds. The number of nitrogens with two attached hydrogens (primary N) is 1. The van der Waals surface area contributed by atoms with E-state index in [2.05, 4.69) is 23.8 Å². The number of hydrogen-bond acceptors (Lipinski definition) is 5. The molecule has 2 aromatic rings. The molecule has 1 aliphatic rings. The number of fused-ring (bicyclic) bond motifs is 1. The molecule has 0 aliphatic heterocycles. The average Bonchev–Trinajstić information content (AvgIpc) is 2.82. The van der Waals surface area contributed by atoms with Crippen LogP contribution < -0.4 is 5.73 Å². The topological polar surface area (TPSA) is 51.8 Å². The minimum absolute atomic E-state index is 0.327. The highest BCUT2D eigenvalue weighted by Crippen LogP contribution is 2.54. The number of rotatable bonds is 3. The molecule has 7 heteroatoms. The Morgan fingerprint density at radius 3 is 2.74 bits per heavy atom. The van der Waals surface area contributed by atoms with Crippen molar-refractivity contribution in [2.75, 3.05) is 11.5 Å². The second kappa shape index (κ2) is 4.65. The summed E-state index contributed by atoms with van der Waals surface area (Å²) in [5.41, 5.74) is 7.21. The molecular weight excluding hydrogens is 321 g/mol. The maximum Gasteiger partial charge on any atom is 0.190 e. The predicted octanol–water partition coefficient (Wildman–Crippen LogP) is 4.18. The SMILES string of the molecule is Cc1sc2nc(SC[C@H]3CC3(Cl)Cl)nc(N)c2c1C. The second-order valence-corrected chi connectivity index (χ2v) is 8.56. The van der Waals surface area contributed by atoms with Crippen molar-refractivity contribution in [2.45, 2.75) is 29.8 Å². The Kier molecular flexibility index (Phi) is 3.37. The molecule has 2 N–H and O–H groups in total. The van der Waals surface area contributed by atoms with Crippen LogP contribution in [-0.2, 0) is 0 Å². The van der Waals surface area contributed by atoms with E-state index < -0.39 is 4.33 Å². The molecule has 2 heterocycles. The summed E-state index contributed by atoms with van der Waals surface area (Å²) < 4.78 is -0.543. The Balaban J connectivity index is 1.85. The van der Waals surface area contributed by atoms with Crippen molar-refractivity contribution in [1.29, 1.82) is 0 Å². The molecule has 0 bridgehead atoms. The zero-order valence-electron chi connectivity index (χ0n) is 10.5. The quantitative estimate of drug-likeness (QED) is 0.520. The molecule has 0 spiro atoms. The molecular formula is C12H13Cl2N3S2. The van der Waals surface area contributed by atoms with Crippen LogP contribution in [0.1, 0.15) is 16.9 Å². The summed E-state index contributed by atoms with van der Waals surface area (Å²) in [5, 5.41) is 1.70. The van der Waals surface area contributed by atoms with Crippen molar-refractivity contribution >= 4 is 62.3 Å². The van der Waals surface area contributed by atoms with Gasteiger partial charge in [-0.1, -0.05) is 11.8 Å². The monoisotopic (exact) mass is 333 g/mol. The van der Waals surface area contributed by atoms with E-state index in [0.29, 0.717) is 16.9 Å². The number of anilines is 1. The number of alkyl halides is 2. The van der Waals surface area contributed by atoms with E-state index in [1.54, 1.807) is 23.1 Å². The molecule has 1 fully saturated rings. The average molecular weight is 334 g/mol. The van der Waals surface area contributed by atoms with Crippen molar-refractivity contribution in [3.05, 3.63) is 10.4 Å². The van der Waals surface area contributed by atoms with Gasteiger partial charge in [-0.15, -0.1) is 34.5 Å². The minimum atomic E-state index is -0.543. The van der Waals surface area contributed by atoms with Gasteiger partial charge in [0.05, 0.1) is 5.39 Å². The van der Waals surface area contributed by atoms with E-state index in [-0.39, 0.29) is 0 Å². The molecule has 0 unspecified atom stereocenters. The third-order valence-electron chi connectivity index (χ3n) is 3.41. The van der Waals surface area contributed by atoms with E-state index in [4.69, 9.17) is 28.9 Å². The number of nitrogens with zero attached hydrogens (tertiary/aromatic N) is 2.